The zero-order valence-electron chi connectivity index (χ0n) is 10.7. The van der Waals surface area contributed by atoms with E-state index in [1.54, 1.807) is 6.07 Å². The second-order valence-electron chi connectivity index (χ2n) is 3.81. The van der Waals surface area contributed by atoms with Crippen LogP contribution >= 0.6 is 0 Å². The number of hydrogen-bond acceptors (Lipinski definition) is 5. The molecule has 1 rings (SSSR count). The number of benzene rings is 1. The van der Waals surface area contributed by atoms with Gasteiger partial charge >= 0.3 is 12.0 Å². The third-order valence-corrected chi connectivity index (χ3v) is 3.54. The van der Waals surface area contributed by atoms with Gasteiger partial charge in [-0.05, 0) is 16.6 Å². The summed E-state index contributed by atoms with van der Waals surface area (Å²) in [5.74, 6) is -0.908. The number of carbonyl (C=O) groups excluding carboxylic acids is 2. The first-order valence-corrected chi connectivity index (χ1v) is 6.71. The Morgan fingerprint density at radius 3 is 2.05 bits per heavy atom. The Balaban J connectivity index is 3.24. The number of amides is 2. The van der Waals surface area contributed by atoms with Crippen molar-refractivity contribution in [1.29, 1.82) is 0 Å². The lowest BCUT2D eigenvalue weighted by molar-refractivity contribution is -0.160. The minimum absolute atomic E-state index is 0.0741. The quantitative estimate of drug-likeness (QED) is 0.752. The Morgan fingerprint density at radius 2 is 1.63 bits per heavy atom. The van der Waals surface area contributed by atoms with Gasteiger partial charge in [-0.25, -0.2) is 9.59 Å². The summed E-state index contributed by atoms with van der Waals surface area (Å²) in [7, 11) is -1.55. The molecule has 0 aliphatic heterocycles. The van der Waals surface area contributed by atoms with Crippen LogP contribution in [0.25, 0.3) is 0 Å². The summed E-state index contributed by atoms with van der Waals surface area (Å²) in [4.78, 5) is 28.1. The zero-order valence-corrected chi connectivity index (χ0v) is 11.5. The summed E-state index contributed by atoms with van der Waals surface area (Å²) in [5, 5.41) is 0. The third kappa shape index (κ3) is 3.44. The fourth-order valence-electron chi connectivity index (χ4n) is 1.16. The van der Waals surface area contributed by atoms with Gasteiger partial charge in [-0.15, -0.1) is 0 Å². The molecule has 104 valence electrons. The van der Waals surface area contributed by atoms with E-state index in [0.29, 0.717) is 0 Å². The van der Waals surface area contributed by atoms with Crippen molar-refractivity contribution in [1.82, 2.24) is 9.37 Å². The molecule has 8 heteroatoms. The highest BCUT2D eigenvalue weighted by Gasteiger charge is 2.33. The molecule has 0 aliphatic carbocycles. The highest BCUT2D eigenvalue weighted by atomic mass is 32.2. The van der Waals surface area contributed by atoms with Crippen molar-refractivity contribution in [2.24, 2.45) is 0 Å². The van der Waals surface area contributed by atoms with Gasteiger partial charge in [0.2, 0.25) is 0 Å². The number of hydroxylamine groups is 1. The van der Waals surface area contributed by atoms with Gasteiger partial charge in [0, 0.05) is 21.0 Å². The third-order valence-electron chi connectivity index (χ3n) is 2.01. The molecule has 0 N–H and O–H groups in total. The van der Waals surface area contributed by atoms with E-state index < -0.39 is 22.0 Å². The van der Waals surface area contributed by atoms with Crippen LogP contribution in [0, 0.1) is 0 Å². The van der Waals surface area contributed by atoms with Crippen molar-refractivity contribution < 1.29 is 22.8 Å². The largest absolute Gasteiger partial charge is 0.368 e. The smallest absolute Gasteiger partial charge is 0.327 e. The Labute approximate surface area is 111 Å². The summed E-state index contributed by atoms with van der Waals surface area (Å²) in [5.41, 5.74) is 0. The number of hydrogen-bond donors (Lipinski definition) is 0. The van der Waals surface area contributed by atoms with E-state index in [9.17, 15) is 18.0 Å². The van der Waals surface area contributed by atoms with Crippen LogP contribution in [0.2, 0.25) is 0 Å². The Kier molecular flexibility index (Phi) is 4.49. The van der Waals surface area contributed by atoms with E-state index in [-0.39, 0.29) is 9.36 Å². The average Bonchev–Trinajstić information content (AvgIpc) is 2.35. The van der Waals surface area contributed by atoms with Gasteiger partial charge in [0.05, 0.1) is 4.90 Å². The lowest BCUT2D eigenvalue weighted by Crippen LogP contribution is -2.43. The zero-order chi connectivity index (χ0) is 14.6. The van der Waals surface area contributed by atoms with Crippen LogP contribution in [0.4, 0.5) is 4.79 Å². The molecule has 0 fully saturated rings. The summed E-state index contributed by atoms with van der Waals surface area (Å²) >= 11 is 0. The average molecular weight is 286 g/mol. The first-order valence-electron chi connectivity index (χ1n) is 5.27. The maximum Gasteiger partial charge on any atom is 0.368 e. The van der Waals surface area contributed by atoms with Crippen LogP contribution in [-0.2, 0) is 19.7 Å². The number of carbonyl (C=O) groups is 2. The van der Waals surface area contributed by atoms with Gasteiger partial charge in [0.1, 0.15) is 0 Å². The fraction of sp³-hybridized carbons (Fsp3) is 0.273. The van der Waals surface area contributed by atoms with Gasteiger partial charge in [-0.3, -0.25) is 0 Å². The molecule has 2 amide bonds. The Hall–Kier alpha value is -2.09. The van der Waals surface area contributed by atoms with Gasteiger partial charge in [-0.1, -0.05) is 18.2 Å². The Bertz CT molecular complexity index is 568. The lowest BCUT2D eigenvalue weighted by Gasteiger charge is -2.23. The van der Waals surface area contributed by atoms with E-state index in [4.69, 9.17) is 0 Å². The minimum atomic E-state index is -4.24. The topological polar surface area (TPSA) is 84.0 Å². The minimum Gasteiger partial charge on any atom is -0.327 e. The van der Waals surface area contributed by atoms with Crippen molar-refractivity contribution >= 4 is 22.0 Å². The highest BCUT2D eigenvalue weighted by molar-refractivity contribution is 7.89. The molecular weight excluding hydrogens is 272 g/mol. The molecule has 19 heavy (non-hydrogen) atoms. The highest BCUT2D eigenvalue weighted by Crippen LogP contribution is 2.17. The van der Waals surface area contributed by atoms with Crippen molar-refractivity contribution in [3.05, 3.63) is 30.3 Å². The van der Waals surface area contributed by atoms with E-state index in [0.717, 1.165) is 11.8 Å². The van der Waals surface area contributed by atoms with Crippen LogP contribution in [0.15, 0.2) is 35.2 Å². The normalized spacial score (nSPS) is 10.7. The molecule has 0 bridgehead atoms. The van der Waals surface area contributed by atoms with E-state index in [1.165, 1.54) is 38.4 Å². The van der Waals surface area contributed by atoms with Crippen molar-refractivity contribution in [3.63, 3.8) is 0 Å². The molecule has 0 atom stereocenters. The van der Waals surface area contributed by atoms with E-state index in [1.807, 2.05) is 0 Å². The second kappa shape index (κ2) is 5.70. The monoisotopic (exact) mass is 286 g/mol. The molecule has 0 unspecified atom stereocenters. The molecule has 0 saturated carbocycles. The number of urea groups is 1. The van der Waals surface area contributed by atoms with Crippen LogP contribution in [-0.4, -0.2) is 43.9 Å². The summed E-state index contributed by atoms with van der Waals surface area (Å²) < 4.78 is 24.5. The summed E-state index contributed by atoms with van der Waals surface area (Å²) in [6.07, 6.45) is 0. The number of nitrogens with zero attached hydrogens (tertiary/aromatic N) is 2. The maximum absolute atomic E-state index is 12.2. The van der Waals surface area contributed by atoms with Gasteiger partial charge in [0.25, 0.3) is 10.0 Å². The van der Waals surface area contributed by atoms with Crippen LogP contribution < -0.4 is 0 Å². The van der Waals surface area contributed by atoms with Crippen molar-refractivity contribution in [3.8, 4) is 0 Å². The van der Waals surface area contributed by atoms with E-state index >= 15 is 0 Å². The first-order chi connectivity index (χ1) is 8.76. The molecule has 0 spiro atoms. The molecule has 7 nitrogen and oxygen atoms in total. The van der Waals surface area contributed by atoms with Crippen molar-refractivity contribution in [2.45, 2.75) is 11.8 Å². The van der Waals surface area contributed by atoms with Gasteiger partial charge in [-0.2, -0.15) is 8.42 Å². The predicted octanol–water partition coefficient (Wildman–Crippen LogP) is 0.837. The SMILES string of the molecule is CC(=O)ON(C(=O)N(C)C)S(=O)(=O)c1ccccc1. The number of sulfonamides is 1. The molecule has 1 aromatic carbocycles. The lowest BCUT2D eigenvalue weighted by atomic mass is 10.4. The molecule has 0 aromatic heterocycles. The van der Waals surface area contributed by atoms with Gasteiger partial charge in [0.15, 0.2) is 0 Å². The standard InChI is InChI=1S/C11H14N2O5S/c1-9(14)18-13(11(15)12(2)3)19(16,17)10-7-5-4-6-8-10/h4-8H,1-3H3. The number of rotatable bonds is 2. The Morgan fingerprint density at radius 1 is 1.11 bits per heavy atom. The van der Waals surface area contributed by atoms with Gasteiger partial charge < -0.3 is 9.74 Å². The van der Waals surface area contributed by atoms with Crippen LogP contribution in [0.1, 0.15) is 6.92 Å². The molecule has 1 aromatic rings. The summed E-state index contributed by atoms with van der Waals surface area (Å²) in [6.45, 7) is 1.01. The summed E-state index contributed by atoms with van der Waals surface area (Å²) in [6, 6.07) is 6.25. The molecule has 0 aliphatic rings. The maximum atomic E-state index is 12.2. The second-order valence-corrected chi connectivity index (χ2v) is 5.56. The van der Waals surface area contributed by atoms with Crippen LogP contribution in [0.5, 0.6) is 0 Å². The molecular formula is C11H14N2O5S. The first kappa shape index (κ1) is 15.0. The van der Waals surface area contributed by atoms with Crippen molar-refractivity contribution in [2.75, 3.05) is 14.1 Å². The molecule has 0 radical (unpaired) electrons. The predicted molar refractivity (Wildman–Crippen MR) is 66.3 cm³/mol. The van der Waals surface area contributed by atoms with Crippen LogP contribution in [0.3, 0.4) is 0 Å². The van der Waals surface area contributed by atoms with E-state index in [2.05, 4.69) is 4.84 Å². The molecule has 0 saturated heterocycles. The fourth-order valence-corrected chi connectivity index (χ4v) is 2.42. The molecule has 0 heterocycles.